The summed E-state index contributed by atoms with van der Waals surface area (Å²) in [5.41, 5.74) is 3.02. The van der Waals surface area contributed by atoms with Gasteiger partial charge in [0.15, 0.2) is 0 Å². The van der Waals surface area contributed by atoms with Gasteiger partial charge in [0.2, 0.25) is 0 Å². The van der Waals surface area contributed by atoms with Gasteiger partial charge in [0.05, 0.1) is 13.2 Å². The largest absolute Gasteiger partial charge is 0.496 e. The predicted octanol–water partition coefficient (Wildman–Crippen LogP) is 3.91. The number of halogens is 1. The van der Waals surface area contributed by atoms with Crippen LogP contribution in [0, 0.1) is 13.8 Å². The van der Waals surface area contributed by atoms with Crippen LogP contribution in [0.2, 0.25) is 0 Å². The normalized spacial score (nSPS) is 12.6. The van der Waals surface area contributed by atoms with E-state index in [4.69, 9.17) is 4.74 Å². The molecule has 0 aliphatic heterocycles. The van der Waals surface area contributed by atoms with Crippen molar-refractivity contribution in [1.29, 1.82) is 0 Å². The third-order valence-corrected chi connectivity index (χ3v) is 3.63. The van der Waals surface area contributed by atoms with Gasteiger partial charge in [0, 0.05) is 10.0 Å². The van der Waals surface area contributed by atoms with Gasteiger partial charge in [-0.15, -0.1) is 0 Å². The van der Waals surface area contributed by atoms with Crippen molar-refractivity contribution in [2.24, 2.45) is 0 Å². The first-order valence-electron chi connectivity index (χ1n) is 5.54. The van der Waals surface area contributed by atoms with Crippen LogP contribution in [0.1, 0.15) is 42.6 Å². The molecule has 0 heterocycles. The summed E-state index contributed by atoms with van der Waals surface area (Å²) in [6.45, 7) is 6.06. The van der Waals surface area contributed by atoms with Gasteiger partial charge in [-0.3, -0.25) is 0 Å². The highest BCUT2D eigenvalue weighted by atomic mass is 79.9. The zero-order chi connectivity index (χ0) is 12.3. The number of aryl methyl sites for hydroxylation is 1. The molecule has 0 aliphatic rings. The Morgan fingerprint density at radius 1 is 1.44 bits per heavy atom. The van der Waals surface area contributed by atoms with E-state index in [-0.39, 0.29) is 0 Å². The molecule has 0 fully saturated rings. The molecular weight excluding hydrogens is 268 g/mol. The van der Waals surface area contributed by atoms with E-state index in [0.717, 1.165) is 39.8 Å². The van der Waals surface area contributed by atoms with Gasteiger partial charge in [0.1, 0.15) is 5.75 Å². The molecule has 1 aromatic rings. The molecule has 3 heteroatoms. The molecule has 0 amide bonds. The summed E-state index contributed by atoms with van der Waals surface area (Å²) in [6.07, 6.45) is 1.26. The fourth-order valence-corrected chi connectivity index (χ4v) is 2.52. The summed E-state index contributed by atoms with van der Waals surface area (Å²) >= 11 is 3.51. The summed E-state index contributed by atoms with van der Waals surface area (Å²) in [7, 11) is 1.65. The Labute approximate surface area is 106 Å². The third-order valence-electron chi connectivity index (χ3n) is 2.81. The van der Waals surface area contributed by atoms with E-state index < -0.39 is 6.10 Å². The second-order valence-electron chi connectivity index (χ2n) is 4.05. The van der Waals surface area contributed by atoms with E-state index >= 15 is 0 Å². The van der Waals surface area contributed by atoms with Crippen LogP contribution in [-0.4, -0.2) is 12.2 Å². The molecule has 0 saturated carbocycles. The number of ether oxygens (including phenoxy) is 1. The van der Waals surface area contributed by atoms with Crippen molar-refractivity contribution in [2.75, 3.05) is 7.11 Å². The van der Waals surface area contributed by atoms with Crippen molar-refractivity contribution in [2.45, 2.75) is 39.7 Å². The van der Waals surface area contributed by atoms with Crippen LogP contribution in [0.15, 0.2) is 10.5 Å². The van der Waals surface area contributed by atoms with E-state index in [9.17, 15) is 5.11 Å². The molecule has 0 bridgehead atoms. The van der Waals surface area contributed by atoms with Crippen LogP contribution >= 0.6 is 15.9 Å². The summed E-state index contributed by atoms with van der Waals surface area (Å²) in [5.74, 6) is 0.807. The van der Waals surface area contributed by atoms with Crippen LogP contribution in [0.4, 0.5) is 0 Å². The highest BCUT2D eigenvalue weighted by Gasteiger charge is 2.19. The number of methoxy groups -OCH3 is 1. The first-order chi connectivity index (χ1) is 7.52. The molecule has 90 valence electrons. The highest BCUT2D eigenvalue weighted by Crippen LogP contribution is 2.37. The molecule has 1 rings (SSSR count). The van der Waals surface area contributed by atoms with Crippen LogP contribution in [0.5, 0.6) is 5.75 Å². The molecule has 0 aromatic heterocycles. The first-order valence-corrected chi connectivity index (χ1v) is 6.33. The molecule has 1 unspecified atom stereocenters. The Balaban J connectivity index is 3.32. The number of aliphatic hydroxyl groups excluding tert-OH is 1. The SMILES string of the molecule is CCCC(O)c1c(C)c(Br)cc(C)c1OC. The minimum atomic E-state index is -0.448. The summed E-state index contributed by atoms with van der Waals surface area (Å²) in [6, 6.07) is 2.02. The molecule has 1 N–H and O–H groups in total. The van der Waals surface area contributed by atoms with Gasteiger partial charge in [-0.1, -0.05) is 29.3 Å². The summed E-state index contributed by atoms with van der Waals surface area (Å²) < 4.78 is 6.42. The number of aliphatic hydroxyl groups is 1. The van der Waals surface area contributed by atoms with Crippen molar-refractivity contribution < 1.29 is 9.84 Å². The minimum absolute atomic E-state index is 0.448. The van der Waals surface area contributed by atoms with Crippen molar-refractivity contribution in [3.63, 3.8) is 0 Å². The van der Waals surface area contributed by atoms with E-state index in [1.807, 2.05) is 19.9 Å². The predicted molar refractivity (Wildman–Crippen MR) is 70.0 cm³/mol. The average Bonchev–Trinajstić information content (AvgIpc) is 2.23. The summed E-state index contributed by atoms with van der Waals surface area (Å²) in [4.78, 5) is 0. The fraction of sp³-hybridized carbons (Fsp3) is 0.538. The molecular formula is C13H19BrO2. The Hall–Kier alpha value is -0.540. The van der Waals surface area contributed by atoms with E-state index in [1.165, 1.54) is 0 Å². The number of benzene rings is 1. The topological polar surface area (TPSA) is 29.5 Å². The molecule has 0 radical (unpaired) electrons. The first kappa shape index (κ1) is 13.5. The fourth-order valence-electron chi connectivity index (χ4n) is 1.97. The minimum Gasteiger partial charge on any atom is -0.496 e. The number of rotatable bonds is 4. The van der Waals surface area contributed by atoms with E-state index in [2.05, 4.69) is 22.9 Å². The number of hydrogen-bond donors (Lipinski definition) is 1. The Kier molecular flexibility index (Phi) is 4.81. The second-order valence-corrected chi connectivity index (χ2v) is 4.91. The number of hydrogen-bond acceptors (Lipinski definition) is 2. The van der Waals surface area contributed by atoms with Gasteiger partial charge in [-0.05, 0) is 37.5 Å². The van der Waals surface area contributed by atoms with Crippen LogP contribution in [0.3, 0.4) is 0 Å². The maximum atomic E-state index is 10.2. The third kappa shape index (κ3) is 2.58. The van der Waals surface area contributed by atoms with Crippen molar-refractivity contribution in [3.8, 4) is 5.75 Å². The van der Waals surface area contributed by atoms with Gasteiger partial charge < -0.3 is 9.84 Å². The smallest absolute Gasteiger partial charge is 0.127 e. The molecule has 2 nitrogen and oxygen atoms in total. The Bertz CT molecular complexity index is 375. The quantitative estimate of drug-likeness (QED) is 0.909. The zero-order valence-electron chi connectivity index (χ0n) is 10.3. The van der Waals surface area contributed by atoms with Crippen LogP contribution in [0.25, 0.3) is 0 Å². The lowest BCUT2D eigenvalue weighted by Crippen LogP contribution is -2.05. The summed E-state index contributed by atoms with van der Waals surface area (Å²) in [5, 5.41) is 10.2. The lowest BCUT2D eigenvalue weighted by molar-refractivity contribution is 0.161. The Morgan fingerprint density at radius 2 is 2.06 bits per heavy atom. The van der Waals surface area contributed by atoms with Gasteiger partial charge >= 0.3 is 0 Å². The second kappa shape index (κ2) is 5.69. The highest BCUT2D eigenvalue weighted by molar-refractivity contribution is 9.10. The maximum Gasteiger partial charge on any atom is 0.127 e. The van der Waals surface area contributed by atoms with E-state index in [0.29, 0.717) is 0 Å². The van der Waals surface area contributed by atoms with Gasteiger partial charge in [-0.25, -0.2) is 0 Å². The van der Waals surface area contributed by atoms with Gasteiger partial charge in [0.25, 0.3) is 0 Å². The molecule has 16 heavy (non-hydrogen) atoms. The zero-order valence-corrected chi connectivity index (χ0v) is 11.9. The van der Waals surface area contributed by atoms with Crippen molar-refractivity contribution in [1.82, 2.24) is 0 Å². The average molecular weight is 287 g/mol. The maximum absolute atomic E-state index is 10.2. The standard InChI is InChI=1S/C13H19BrO2/c1-5-6-11(15)12-9(3)10(14)7-8(2)13(12)16-4/h7,11,15H,5-6H2,1-4H3. The lowest BCUT2D eigenvalue weighted by atomic mass is 9.96. The lowest BCUT2D eigenvalue weighted by Gasteiger charge is -2.20. The van der Waals surface area contributed by atoms with Gasteiger partial charge in [-0.2, -0.15) is 0 Å². The van der Waals surface area contributed by atoms with Crippen molar-refractivity contribution in [3.05, 3.63) is 27.2 Å². The monoisotopic (exact) mass is 286 g/mol. The molecule has 0 aliphatic carbocycles. The van der Waals surface area contributed by atoms with E-state index in [1.54, 1.807) is 7.11 Å². The Morgan fingerprint density at radius 3 is 2.56 bits per heavy atom. The van der Waals surface area contributed by atoms with Crippen LogP contribution in [-0.2, 0) is 0 Å². The molecule has 0 saturated heterocycles. The van der Waals surface area contributed by atoms with Crippen molar-refractivity contribution >= 4 is 15.9 Å². The molecule has 0 spiro atoms. The van der Waals surface area contributed by atoms with Crippen LogP contribution < -0.4 is 4.74 Å². The molecule has 1 atom stereocenters. The molecule has 1 aromatic carbocycles.